The number of nitrogens with one attached hydrogen (secondary N) is 1. The number of alkyl halides is 3. The van der Waals surface area contributed by atoms with Gasteiger partial charge >= 0.3 is 6.18 Å². The third kappa shape index (κ3) is 5.94. The Morgan fingerprint density at radius 2 is 1.76 bits per heavy atom. The lowest BCUT2D eigenvalue weighted by molar-refractivity contribution is -0.228. The van der Waals surface area contributed by atoms with E-state index in [1.807, 2.05) is 0 Å². The number of fused-ring (bicyclic) bond motifs is 5. The average Bonchev–Trinajstić information content (AvgIpc) is 3.32. The molecule has 4 fully saturated rings. The smallest absolute Gasteiger partial charge is 0.393 e. The van der Waals surface area contributed by atoms with E-state index in [9.17, 15) is 41.7 Å². The molecule has 5 aliphatic rings. The van der Waals surface area contributed by atoms with Gasteiger partial charge in [0, 0.05) is 5.92 Å². The Bertz CT molecular complexity index is 1300. The molecule has 5 aliphatic carbocycles. The quantitative estimate of drug-likeness (QED) is 0.286. The first-order valence-corrected chi connectivity index (χ1v) is 18.5. The van der Waals surface area contributed by atoms with Gasteiger partial charge in [-0.25, -0.2) is 8.42 Å². The van der Waals surface area contributed by atoms with Crippen LogP contribution in [0.5, 0.6) is 0 Å². The summed E-state index contributed by atoms with van der Waals surface area (Å²) in [5.41, 5.74) is -1.42. The first-order valence-electron chi connectivity index (χ1n) is 16.9. The van der Waals surface area contributed by atoms with Crippen LogP contribution in [-0.4, -0.2) is 59.4 Å². The Balaban J connectivity index is 1.28. The molecule has 11 heteroatoms. The van der Waals surface area contributed by atoms with Gasteiger partial charge in [0.15, 0.2) is 0 Å². The summed E-state index contributed by atoms with van der Waals surface area (Å²) in [7, 11) is -4.22. The third-order valence-electron chi connectivity index (χ3n) is 13.5. The van der Waals surface area contributed by atoms with Gasteiger partial charge in [0.2, 0.25) is 15.9 Å². The molecule has 0 aromatic heterocycles. The van der Waals surface area contributed by atoms with E-state index in [-0.39, 0.29) is 59.4 Å². The fraction of sp³-hybridized carbons (Fsp3) is 0.853. The van der Waals surface area contributed by atoms with E-state index in [2.05, 4.69) is 32.4 Å². The number of amides is 1. The molecule has 1 amide bonds. The predicted octanol–water partition coefficient (Wildman–Crippen LogP) is 5.51. The molecule has 7 nitrogen and oxygen atoms in total. The molecule has 0 saturated heterocycles. The maximum atomic E-state index is 13.1. The second-order valence-electron chi connectivity index (χ2n) is 15.6. The third-order valence-corrected chi connectivity index (χ3v) is 15.1. The van der Waals surface area contributed by atoms with Crippen molar-refractivity contribution in [2.24, 2.45) is 58.2 Å². The first-order chi connectivity index (χ1) is 20.9. The van der Waals surface area contributed by atoms with Crippen LogP contribution in [0.4, 0.5) is 13.2 Å². The molecular formula is C34H52F3NO6S. The molecule has 0 aromatic carbocycles. The van der Waals surface area contributed by atoms with E-state index < -0.39 is 56.5 Å². The molecule has 0 heterocycles. The Morgan fingerprint density at radius 3 is 2.36 bits per heavy atom. The van der Waals surface area contributed by atoms with Gasteiger partial charge in [0.25, 0.3) is 0 Å². The van der Waals surface area contributed by atoms with Crippen LogP contribution < -0.4 is 4.72 Å². The van der Waals surface area contributed by atoms with Crippen LogP contribution in [0.15, 0.2) is 23.8 Å². The summed E-state index contributed by atoms with van der Waals surface area (Å²) in [4.78, 5) is 13.1. The van der Waals surface area contributed by atoms with Crippen LogP contribution >= 0.6 is 0 Å². The average molecular weight is 660 g/mol. The van der Waals surface area contributed by atoms with Crippen molar-refractivity contribution in [1.29, 1.82) is 0 Å². The summed E-state index contributed by atoms with van der Waals surface area (Å²) < 4.78 is 66.7. The summed E-state index contributed by atoms with van der Waals surface area (Å²) >= 11 is 0. The summed E-state index contributed by atoms with van der Waals surface area (Å²) in [5.74, 6) is -0.640. The molecule has 4 saturated carbocycles. The Labute approximate surface area is 266 Å². The van der Waals surface area contributed by atoms with Gasteiger partial charge in [-0.15, -0.1) is 0 Å². The standard InChI is InChI=1S/C34H52F3NO6S/c1-6-23-26-16-21(39)13-14-32(26,4)27-17-28(40)33(5)24(11-12-25(33)29(27)30(23)41)18(2)15-19(3)31(42)38-45(43,44)22-9-7-20(8-10-22)34(35,36)37/h7-9,18-19,21-30,39-41H,6,10-17H2,1-5H3,(H,38,42)/t18-,19+,21+,22?,23-,24-,25?,26?,27?,28?,29?,30?,32?,33-/m1/s1. The van der Waals surface area contributed by atoms with Crippen molar-refractivity contribution in [2.45, 2.75) is 122 Å². The Kier molecular flexibility index (Phi) is 9.48. The lowest BCUT2D eigenvalue weighted by Gasteiger charge is -2.65. The zero-order valence-corrected chi connectivity index (χ0v) is 27.9. The molecule has 14 atom stereocenters. The summed E-state index contributed by atoms with van der Waals surface area (Å²) in [6.07, 6.45) is 2.10. The largest absolute Gasteiger partial charge is 0.416 e. The number of carbonyl (C=O) groups excluding carboxylic acids is 1. The second-order valence-corrected chi connectivity index (χ2v) is 17.5. The van der Waals surface area contributed by atoms with E-state index in [1.165, 1.54) is 0 Å². The van der Waals surface area contributed by atoms with Gasteiger partial charge in [-0.05, 0) is 104 Å². The fourth-order valence-electron chi connectivity index (χ4n) is 11.1. The van der Waals surface area contributed by atoms with Gasteiger partial charge in [-0.1, -0.05) is 59.3 Å². The molecular weight excluding hydrogens is 607 g/mol. The highest BCUT2D eigenvalue weighted by Crippen LogP contribution is 2.69. The number of allylic oxidation sites excluding steroid dienone is 3. The minimum absolute atomic E-state index is 0.0163. The summed E-state index contributed by atoms with van der Waals surface area (Å²) in [6.45, 7) is 10.3. The van der Waals surface area contributed by atoms with Crippen molar-refractivity contribution in [1.82, 2.24) is 4.72 Å². The summed E-state index contributed by atoms with van der Waals surface area (Å²) in [6, 6.07) is 0. The number of aliphatic hydroxyl groups excluding tert-OH is 3. The molecule has 0 aromatic rings. The molecule has 4 N–H and O–H groups in total. The van der Waals surface area contributed by atoms with Crippen LogP contribution in [0.3, 0.4) is 0 Å². The zero-order chi connectivity index (χ0) is 33.3. The maximum absolute atomic E-state index is 13.1. The second kappa shape index (κ2) is 12.2. The van der Waals surface area contributed by atoms with Crippen LogP contribution in [0.2, 0.25) is 0 Å². The molecule has 256 valence electrons. The number of halogens is 3. The number of sulfonamides is 1. The van der Waals surface area contributed by atoms with E-state index in [0.717, 1.165) is 50.3 Å². The number of carbonyl (C=O) groups is 1. The highest BCUT2D eigenvalue weighted by atomic mass is 32.2. The molecule has 45 heavy (non-hydrogen) atoms. The topological polar surface area (TPSA) is 124 Å². The van der Waals surface area contributed by atoms with E-state index in [0.29, 0.717) is 19.3 Å². The highest BCUT2D eigenvalue weighted by molar-refractivity contribution is 7.90. The van der Waals surface area contributed by atoms with Crippen LogP contribution in [0, 0.1) is 58.2 Å². The minimum atomic E-state index is -4.56. The molecule has 0 radical (unpaired) electrons. The normalized spacial score (nSPS) is 44.6. The monoisotopic (exact) mass is 659 g/mol. The summed E-state index contributed by atoms with van der Waals surface area (Å²) in [5, 5.41) is 33.1. The SMILES string of the molecule is CC[C@H]1C(O)C2C(CC(O)[C@@]3(C)C2CC[C@@H]3[C@H](C)C[C@H](C)C(=O)NS(=O)(=O)C2C=CC(C(F)(F)F)=CC2)C2(C)CC[C@H](O)CC12. The minimum Gasteiger partial charge on any atom is -0.393 e. The van der Waals surface area contributed by atoms with Crippen molar-refractivity contribution < 1.29 is 41.7 Å². The number of aliphatic hydroxyl groups is 3. The van der Waals surface area contributed by atoms with Crippen LogP contribution in [0.1, 0.15) is 92.4 Å². The molecule has 0 aliphatic heterocycles. The van der Waals surface area contributed by atoms with E-state index in [1.54, 1.807) is 6.92 Å². The predicted molar refractivity (Wildman–Crippen MR) is 165 cm³/mol. The van der Waals surface area contributed by atoms with Crippen molar-refractivity contribution in [3.8, 4) is 0 Å². The van der Waals surface area contributed by atoms with Crippen LogP contribution in [0.25, 0.3) is 0 Å². The van der Waals surface area contributed by atoms with E-state index in [4.69, 9.17) is 0 Å². The van der Waals surface area contributed by atoms with Gasteiger partial charge < -0.3 is 15.3 Å². The van der Waals surface area contributed by atoms with Crippen LogP contribution in [-0.2, 0) is 14.8 Å². The first kappa shape index (κ1) is 34.9. The molecule has 5 rings (SSSR count). The van der Waals surface area contributed by atoms with Crippen molar-refractivity contribution in [2.75, 3.05) is 0 Å². The Morgan fingerprint density at radius 1 is 1.07 bits per heavy atom. The zero-order valence-electron chi connectivity index (χ0n) is 27.1. The number of hydrogen-bond acceptors (Lipinski definition) is 6. The van der Waals surface area contributed by atoms with Crippen molar-refractivity contribution >= 4 is 15.9 Å². The van der Waals surface area contributed by atoms with Gasteiger partial charge in [0.05, 0.1) is 23.9 Å². The van der Waals surface area contributed by atoms with Gasteiger partial charge in [-0.2, -0.15) is 13.2 Å². The van der Waals surface area contributed by atoms with Gasteiger partial charge in [-0.3, -0.25) is 9.52 Å². The molecule has 0 spiro atoms. The van der Waals surface area contributed by atoms with Crippen molar-refractivity contribution in [3.63, 3.8) is 0 Å². The number of rotatable bonds is 7. The maximum Gasteiger partial charge on any atom is 0.416 e. The highest BCUT2D eigenvalue weighted by Gasteiger charge is 2.67. The molecule has 0 bridgehead atoms. The van der Waals surface area contributed by atoms with Gasteiger partial charge in [0.1, 0.15) is 5.25 Å². The fourth-order valence-corrected chi connectivity index (χ4v) is 12.3. The van der Waals surface area contributed by atoms with E-state index >= 15 is 0 Å². The lowest BCUT2D eigenvalue weighted by atomic mass is 9.41. The Hall–Kier alpha value is -1.43. The number of hydrogen-bond donors (Lipinski definition) is 4. The van der Waals surface area contributed by atoms with Crippen molar-refractivity contribution in [3.05, 3.63) is 23.8 Å². The lowest BCUT2D eigenvalue weighted by Crippen LogP contribution is -2.65. The molecule has 8 unspecified atom stereocenters.